The molecule has 0 aromatic carbocycles. The Bertz CT molecular complexity index is 1100. The van der Waals surface area contributed by atoms with Crippen molar-refractivity contribution < 1.29 is 4.74 Å². The van der Waals surface area contributed by atoms with Gasteiger partial charge in [-0.1, -0.05) is 32.6 Å². The van der Waals surface area contributed by atoms with E-state index in [0.717, 1.165) is 48.1 Å². The van der Waals surface area contributed by atoms with Gasteiger partial charge in [0.1, 0.15) is 12.6 Å². The van der Waals surface area contributed by atoms with Gasteiger partial charge in [0, 0.05) is 32.9 Å². The molecule has 3 atom stereocenters. The number of fused-ring (bicyclic) bond motifs is 3. The molecule has 30 heavy (non-hydrogen) atoms. The molecule has 0 bridgehead atoms. The molecule has 0 saturated heterocycles. The van der Waals surface area contributed by atoms with Gasteiger partial charge in [-0.2, -0.15) is 5.26 Å². The molecule has 0 spiro atoms. The van der Waals surface area contributed by atoms with Gasteiger partial charge < -0.3 is 9.30 Å². The van der Waals surface area contributed by atoms with E-state index in [1.807, 2.05) is 12.3 Å². The highest BCUT2D eigenvalue weighted by atomic mass is 28.3. The van der Waals surface area contributed by atoms with Crippen LogP contribution in [0.5, 0.6) is 0 Å². The van der Waals surface area contributed by atoms with Crippen LogP contribution in [-0.2, 0) is 11.5 Å². The van der Waals surface area contributed by atoms with Crippen LogP contribution in [-0.4, -0.2) is 38.8 Å². The Labute approximate surface area is 178 Å². The van der Waals surface area contributed by atoms with Gasteiger partial charge in [-0.3, -0.25) is 4.40 Å². The third-order valence-corrected chi connectivity index (χ3v) is 7.79. The van der Waals surface area contributed by atoms with Gasteiger partial charge in [-0.15, -0.1) is 10.2 Å². The Morgan fingerprint density at radius 1 is 1.30 bits per heavy atom. The van der Waals surface area contributed by atoms with Crippen molar-refractivity contribution in [1.82, 2.24) is 24.1 Å². The fourth-order valence-electron chi connectivity index (χ4n) is 4.40. The number of hydrogen-bond donors (Lipinski definition) is 0. The first-order valence-corrected chi connectivity index (χ1v) is 14.4. The second-order valence-electron chi connectivity index (χ2n) is 9.66. The first kappa shape index (κ1) is 20.8. The largest absolute Gasteiger partial charge is 0.361 e. The van der Waals surface area contributed by atoms with Gasteiger partial charge in [0.05, 0.1) is 17.8 Å². The first-order chi connectivity index (χ1) is 14.4. The molecule has 1 aliphatic carbocycles. The van der Waals surface area contributed by atoms with Crippen LogP contribution in [0.3, 0.4) is 0 Å². The number of rotatable bonds is 7. The highest BCUT2D eigenvalue weighted by Crippen LogP contribution is 2.43. The summed E-state index contributed by atoms with van der Waals surface area (Å²) in [7, 11) is -1.10. The van der Waals surface area contributed by atoms with E-state index in [2.05, 4.69) is 62.8 Å². The number of hydrogen-bond acceptors (Lipinski definition) is 5. The van der Waals surface area contributed by atoms with E-state index in [9.17, 15) is 0 Å². The van der Waals surface area contributed by atoms with Crippen LogP contribution in [0.1, 0.15) is 31.5 Å². The maximum absolute atomic E-state index is 8.84. The van der Waals surface area contributed by atoms with Crippen LogP contribution in [0.2, 0.25) is 25.7 Å². The zero-order chi connectivity index (χ0) is 21.3. The summed E-state index contributed by atoms with van der Waals surface area (Å²) in [4.78, 5) is 4.63. The summed E-state index contributed by atoms with van der Waals surface area (Å²) in [6.45, 7) is 10.6. The summed E-state index contributed by atoms with van der Waals surface area (Å²) in [5.74, 6) is 2.21. The molecule has 1 fully saturated rings. The lowest BCUT2D eigenvalue weighted by molar-refractivity contribution is 0.0899. The van der Waals surface area contributed by atoms with Crippen molar-refractivity contribution in [2.24, 2.45) is 11.8 Å². The SMILES string of the molecule is C[C@@H]1C[C@H](/C=C/C#N)C[C@@H]1c1nnc2cnc3c(ccn3COCC[Si](C)(C)C)n12. The maximum Gasteiger partial charge on any atom is 0.179 e. The van der Waals surface area contributed by atoms with Crippen molar-refractivity contribution in [2.75, 3.05) is 6.61 Å². The van der Waals surface area contributed by atoms with Gasteiger partial charge in [0.15, 0.2) is 11.3 Å². The predicted molar refractivity (Wildman–Crippen MR) is 120 cm³/mol. The lowest BCUT2D eigenvalue weighted by Gasteiger charge is -2.16. The minimum Gasteiger partial charge on any atom is -0.361 e. The Balaban J connectivity index is 1.60. The van der Waals surface area contributed by atoms with Gasteiger partial charge >= 0.3 is 0 Å². The number of nitriles is 1. The van der Waals surface area contributed by atoms with E-state index in [4.69, 9.17) is 10.00 Å². The maximum atomic E-state index is 8.84. The minimum atomic E-state index is -1.10. The molecule has 4 rings (SSSR count). The van der Waals surface area contributed by atoms with Crippen molar-refractivity contribution in [3.05, 3.63) is 36.4 Å². The molecule has 158 valence electrons. The summed E-state index contributed by atoms with van der Waals surface area (Å²) < 4.78 is 10.1. The summed E-state index contributed by atoms with van der Waals surface area (Å²) in [6.07, 6.45) is 9.52. The van der Waals surface area contributed by atoms with Crippen molar-refractivity contribution >= 4 is 24.9 Å². The number of aromatic nitrogens is 5. The van der Waals surface area contributed by atoms with Crippen molar-refractivity contribution in [2.45, 2.75) is 58.1 Å². The zero-order valence-electron chi connectivity index (χ0n) is 18.2. The molecule has 8 heteroatoms. The Morgan fingerprint density at radius 2 is 2.13 bits per heavy atom. The quantitative estimate of drug-likeness (QED) is 0.316. The summed E-state index contributed by atoms with van der Waals surface area (Å²) in [6, 6.07) is 5.34. The molecule has 7 nitrogen and oxygen atoms in total. The molecular formula is C22H30N6OSi. The van der Waals surface area contributed by atoms with Crippen molar-refractivity contribution in [3.63, 3.8) is 0 Å². The van der Waals surface area contributed by atoms with E-state index < -0.39 is 8.07 Å². The fourth-order valence-corrected chi connectivity index (χ4v) is 5.16. The standard InChI is InChI=1S/C22H30N6OSi/c1-16-12-17(6-5-8-23)13-18(16)21-26-25-20-14-24-22-19(28(20)21)7-9-27(22)15-29-10-11-30(2,3)4/h5-7,9,14,16-18H,10-13,15H2,1-4H3/b6-5+/t16-,17+,18+/m1/s1. The van der Waals surface area contributed by atoms with E-state index in [-0.39, 0.29) is 0 Å². The average Bonchev–Trinajstić information content (AvgIpc) is 3.38. The molecule has 0 amide bonds. The molecule has 1 aliphatic rings. The molecule has 1 saturated carbocycles. The topological polar surface area (TPSA) is 81.0 Å². The van der Waals surface area contributed by atoms with Gasteiger partial charge in [-0.05, 0) is 36.8 Å². The van der Waals surface area contributed by atoms with Crippen LogP contribution < -0.4 is 0 Å². The Morgan fingerprint density at radius 3 is 2.90 bits per heavy atom. The van der Waals surface area contributed by atoms with Gasteiger partial charge in [0.25, 0.3) is 0 Å². The molecule has 0 N–H and O–H groups in total. The van der Waals surface area contributed by atoms with Crippen LogP contribution in [0.4, 0.5) is 0 Å². The van der Waals surface area contributed by atoms with Crippen LogP contribution in [0.25, 0.3) is 16.8 Å². The zero-order valence-corrected chi connectivity index (χ0v) is 19.2. The second-order valence-corrected chi connectivity index (χ2v) is 15.3. The average molecular weight is 423 g/mol. The smallest absolute Gasteiger partial charge is 0.179 e. The molecule has 0 radical (unpaired) electrons. The first-order valence-electron chi connectivity index (χ1n) is 10.7. The molecule has 0 aliphatic heterocycles. The normalized spacial score (nSPS) is 22.4. The highest BCUT2D eigenvalue weighted by Gasteiger charge is 2.34. The van der Waals surface area contributed by atoms with E-state index >= 15 is 0 Å². The lowest BCUT2D eigenvalue weighted by atomic mass is 9.97. The summed E-state index contributed by atoms with van der Waals surface area (Å²) >= 11 is 0. The molecule has 3 aromatic rings. The Hall–Kier alpha value is -2.50. The molecular weight excluding hydrogens is 392 g/mol. The van der Waals surface area contributed by atoms with Crippen molar-refractivity contribution in [1.29, 1.82) is 5.26 Å². The summed E-state index contributed by atoms with van der Waals surface area (Å²) in [5.41, 5.74) is 2.69. The van der Waals surface area contributed by atoms with Crippen molar-refractivity contribution in [3.8, 4) is 6.07 Å². The van der Waals surface area contributed by atoms with E-state index in [1.54, 1.807) is 12.3 Å². The van der Waals surface area contributed by atoms with E-state index in [1.165, 1.54) is 0 Å². The fraction of sp³-hybridized carbons (Fsp3) is 0.545. The number of allylic oxidation sites excluding steroid dienone is 2. The number of ether oxygens (including phenoxy) is 1. The monoisotopic (exact) mass is 422 g/mol. The minimum absolute atomic E-state index is 0.315. The van der Waals surface area contributed by atoms with Gasteiger partial charge in [-0.25, -0.2) is 4.98 Å². The predicted octanol–water partition coefficient (Wildman–Crippen LogP) is 4.60. The van der Waals surface area contributed by atoms with E-state index in [0.29, 0.717) is 24.5 Å². The lowest BCUT2D eigenvalue weighted by Crippen LogP contribution is -2.22. The summed E-state index contributed by atoms with van der Waals surface area (Å²) in [5, 5.41) is 17.8. The van der Waals surface area contributed by atoms with Crippen LogP contribution in [0.15, 0.2) is 30.6 Å². The van der Waals surface area contributed by atoms with Gasteiger partial charge in [0.2, 0.25) is 0 Å². The highest BCUT2D eigenvalue weighted by molar-refractivity contribution is 6.76. The van der Waals surface area contributed by atoms with Crippen LogP contribution >= 0.6 is 0 Å². The Kier molecular flexibility index (Phi) is 5.76. The molecule has 0 unspecified atom stereocenters. The third-order valence-electron chi connectivity index (χ3n) is 6.09. The van der Waals surface area contributed by atoms with Crippen LogP contribution in [0, 0.1) is 23.2 Å². The number of nitrogens with zero attached hydrogens (tertiary/aromatic N) is 6. The second kappa shape index (κ2) is 8.32. The molecule has 3 heterocycles. The molecule has 3 aromatic heterocycles. The third kappa shape index (κ3) is 4.18.